The zero-order valence-corrected chi connectivity index (χ0v) is 16.4. The Kier molecular flexibility index (Phi) is 5.14. The summed E-state index contributed by atoms with van der Waals surface area (Å²) in [6, 6.07) is 21.6. The second-order valence-electron chi connectivity index (χ2n) is 6.55. The van der Waals surface area contributed by atoms with Gasteiger partial charge in [-0.1, -0.05) is 41.9 Å². The van der Waals surface area contributed by atoms with Gasteiger partial charge in [-0.25, -0.2) is 4.79 Å². The third-order valence-electron chi connectivity index (χ3n) is 4.67. The number of benzene rings is 3. The molecule has 0 aliphatic heterocycles. The first-order valence-electron chi connectivity index (χ1n) is 9.00. The molecule has 0 aliphatic carbocycles. The van der Waals surface area contributed by atoms with Crippen LogP contribution in [0.5, 0.6) is 0 Å². The second-order valence-corrected chi connectivity index (χ2v) is 6.99. The summed E-state index contributed by atoms with van der Waals surface area (Å²) in [5.41, 5.74) is 2.94. The quantitative estimate of drug-likeness (QED) is 0.355. The predicted molar refractivity (Wildman–Crippen MR) is 112 cm³/mol. The Morgan fingerprint density at radius 1 is 0.966 bits per heavy atom. The van der Waals surface area contributed by atoms with Gasteiger partial charge >= 0.3 is 5.97 Å². The summed E-state index contributed by atoms with van der Waals surface area (Å²) < 4.78 is 6.59. The van der Waals surface area contributed by atoms with Crippen LogP contribution in [0.3, 0.4) is 0 Å². The molecule has 0 radical (unpaired) electrons. The van der Waals surface area contributed by atoms with Crippen molar-refractivity contribution in [2.45, 2.75) is 6.54 Å². The van der Waals surface area contributed by atoms with Gasteiger partial charge in [0, 0.05) is 16.0 Å². The van der Waals surface area contributed by atoms with Crippen molar-refractivity contribution in [2.75, 3.05) is 7.11 Å². The van der Waals surface area contributed by atoms with Crippen LogP contribution in [-0.2, 0) is 11.3 Å². The number of fused-ring (bicyclic) bond motifs is 1. The lowest BCUT2D eigenvalue weighted by molar-refractivity contribution is 0.0600. The van der Waals surface area contributed by atoms with Gasteiger partial charge in [0.25, 0.3) is 0 Å². The maximum atomic E-state index is 13.2. The molecule has 144 valence electrons. The van der Waals surface area contributed by atoms with Crippen LogP contribution in [0.25, 0.3) is 10.9 Å². The normalized spacial score (nSPS) is 10.8. The number of methoxy groups -OCH3 is 1. The minimum absolute atomic E-state index is 0.236. The first kappa shape index (κ1) is 18.9. The van der Waals surface area contributed by atoms with E-state index in [1.807, 2.05) is 30.3 Å². The van der Waals surface area contributed by atoms with Crippen LogP contribution in [0.2, 0.25) is 5.02 Å². The van der Waals surface area contributed by atoms with Gasteiger partial charge in [0.1, 0.15) is 5.69 Å². The lowest BCUT2D eigenvalue weighted by atomic mass is 10.0. The molecule has 0 saturated carbocycles. The Bertz CT molecular complexity index is 1200. The van der Waals surface area contributed by atoms with Crippen molar-refractivity contribution in [3.05, 3.63) is 100 Å². The van der Waals surface area contributed by atoms with Gasteiger partial charge in [0.2, 0.25) is 5.78 Å². The molecule has 0 atom stereocenters. The first-order chi connectivity index (χ1) is 14.1. The van der Waals surface area contributed by atoms with E-state index in [2.05, 4.69) is 5.10 Å². The highest BCUT2D eigenvalue weighted by molar-refractivity contribution is 6.30. The molecule has 0 unspecified atom stereocenters. The average molecular weight is 405 g/mol. The van der Waals surface area contributed by atoms with Crippen molar-refractivity contribution >= 4 is 34.3 Å². The summed E-state index contributed by atoms with van der Waals surface area (Å²) in [6.07, 6.45) is 0. The third-order valence-corrected chi connectivity index (χ3v) is 4.92. The summed E-state index contributed by atoms with van der Waals surface area (Å²) in [4.78, 5) is 25.1. The predicted octanol–water partition coefficient (Wildman–Crippen LogP) is 4.76. The lowest BCUT2D eigenvalue weighted by Gasteiger charge is -2.04. The van der Waals surface area contributed by atoms with E-state index in [1.54, 1.807) is 47.1 Å². The molecule has 0 bridgehead atoms. The second kappa shape index (κ2) is 7.89. The molecular formula is C23H17ClN2O3. The van der Waals surface area contributed by atoms with Crippen LogP contribution in [-0.4, -0.2) is 28.6 Å². The fourth-order valence-electron chi connectivity index (χ4n) is 3.21. The number of hydrogen-bond donors (Lipinski definition) is 0. The van der Waals surface area contributed by atoms with Gasteiger partial charge in [-0.15, -0.1) is 0 Å². The number of hydrogen-bond acceptors (Lipinski definition) is 4. The van der Waals surface area contributed by atoms with Gasteiger partial charge in [-0.2, -0.15) is 5.10 Å². The van der Waals surface area contributed by atoms with Crippen LogP contribution >= 0.6 is 11.6 Å². The van der Waals surface area contributed by atoms with Crippen molar-refractivity contribution < 1.29 is 14.3 Å². The number of halogens is 1. The minimum Gasteiger partial charge on any atom is -0.465 e. The van der Waals surface area contributed by atoms with Gasteiger partial charge in [0.15, 0.2) is 0 Å². The van der Waals surface area contributed by atoms with Crippen molar-refractivity contribution in [1.82, 2.24) is 9.78 Å². The van der Waals surface area contributed by atoms with Crippen molar-refractivity contribution in [3.63, 3.8) is 0 Å². The van der Waals surface area contributed by atoms with Crippen LogP contribution in [0.15, 0.2) is 72.8 Å². The standard InChI is InChI=1S/C23H17ClN2O3/c1-29-23(28)17-9-12-20-19(13-17)21(22(27)16-7-10-18(24)11-8-16)25-26(20)14-15-5-3-2-4-6-15/h2-13H,14H2,1H3. The number of esters is 1. The Hall–Kier alpha value is -3.44. The summed E-state index contributed by atoms with van der Waals surface area (Å²) >= 11 is 5.94. The van der Waals surface area contributed by atoms with E-state index in [4.69, 9.17) is 16.3 Å². The maximum absolute atomic E-state index is 13.2. The molecule has 4 aromatic rings. The molecule has 6 heteroatoms. The number of carbonyl (C=O) groups is 2. The summed E-state index contributed by atoms with van der Waals surface area (Å²) in [5, 5.41) is 5.74. The molecule has 1 heterocycles. The van der Waals surface area contributed by atoms with Gasteiger partial charge < -0.3 is 4.74 Å². The number of aromatic nitrogens is 2. The van der Waals surface area contributed by atoms with E-state index in [1.165, 1.54) is 7.11 Å². The number of ether oxygens (including phenoxy) is 1. The largest absolute Gasteiger partial charge is 0.465 e. The number of carbonyl (C=O) groups excluding carboxylic acids is 2. The Labute approximate surface area is 172 Å². The molecule has 29 heavy (non-hydrogen) atoms. The molecule has 0 amide bonds. The molecular weight excluding hydrogens is 388 g/mol. The fourth-order valence-corrected chi connectivity index (χ4v) is 3.33. The Balaban J connectivity index is 1.85. The molecule has 3 aromatic carbocycles. The highest BCUT2D eigenvalue weighted by Crippen LogP contribution is 2.25. The number of ketones is 1. The fraction of sp³-hybridized carbons (Fsp3) is 0.0870. The summed E-state index contributed by atoms with van der Waals surface area (Å²) in [5.74, 6) is -0.701. The Morgan fingerprint density at radius 3 is 2.34 bits per heavy atom. The zero-order valence-electron chi connectivity index (χ0n) is 15.6. The first-order valence-corrected chi connectivity index (χ1v) is 9.37. The maximum Gasteiger partial charge on any atom is 0.337 e. The highest BCUT2D eigenvalue weighted by Gasteiger charge is 2.20. The minimum atomic E-state index is -0.465. The smallest absolute Gasteiger partial charge is 0.337 e. The molecule has 0 fully saturated rings. The average Bonchev–Trinajstić information content (AvgIpc) is 3.11. The molecule has 0 aliphatic rings. The highest BCUT2D eigenvalue weighted by atomic mass is 35.5. The molecule has 0 N–H and O–H groups in total. The van der Waals surface area contributed by atoms with E-state index in [9.17, 15) is 9.59 Å². The van der Waals surface area contributed by atoms with Crippen LogP contribution in [0, 0.1) is 0 Å². The number of nitrogens with zero attached hydrogens (tertiary/aromatic N) is 2. The monoisotopic (exact) mass is 404 g/mol. The number of rotatable bonds is 5. The SMILES string of the molecule is COC(=O)c1ccc2c(c1)c(C(=O)c1ccc(Cl)cc1)nn2Cc1ccccc1. The van der Waals surface area contributed by atoms with Crippen molar-refractivity contribution in [1.29, 1.82) is 0 Å². The third kappa shape index (κ3) is 3.77. The molecule has 5 nitrogen and oxygen atoms in total. The summed E-state index contributed by atoms with van der Waals surface area (Å²) in [7, 11) is 1.32. The van der Waals surface area contributed by atoms with Gasteiger partial charge in [-0.05, 0) is 48.0 Å². The van der Waals surface area contributed by atoms with E-state index >= 15 is 0 Å². The van der Waals surface area contributed by atoms with Crippen LogP contribution < -0.4 is 0 Å². The molecule has 1 aromatic heterocycles. The van der Waals surface area contributed by atoms with Crippen molar-refractivity contribution in [3.8, 4) is 0 Å². The van der Waals surface area contributed by atoms with E-state index in [0.29, 0.717) is 28.1 Å². The van der Waals surface area contributed by atoms with Crippen molar-refractivity contribution in [2.24, 2.45) is 0 Å². The Morgan fingerprint density at radius 2 is 1.66 bits per heavy atom. The van der Waals surface area contributed by atoms with Crippen LogP contribution in [0.4, 0.5) is 0 Å². The van der Waals surface area contributed by atoms with Gasteiger partial charge in [0.05, 0.1) is 24.7 Å². The van der Waals surface area contributed by atoms with E-state index in [-0.39, 0.29) is 11.5 Å². The van der Waals surface area contributed by atoms with Crippen LogP contribution in [0.1, 0.15) is 32.0 Å². The lowest BCUT2D eigenvalue weighted by Crippen LogP contribution is -2.06. The molecule has 0 saturated heterocycles. The molecule has 0 spiro atoms. The summed E-state index contributed by atoms with van der Waals surface area (Å²) in [6.45, 7) is 0.503. The molecule has 4 rings (SSSR count). The topological polar surface area (TPSA) is 61.2 Å². The van der Waals surface area contributed by atoms with Gasteiger partial charge in [-0.3, -0.25) is 9.48 Å². The van der Waals surface area contributed by atoms with E-state index in [0.717, 1.165) is 11.1 Å². The zero-order chi connectivity index (χ0) is 20.4. The van der Waals surface area contributed by atoms with E-state index < -0.39 is 5.97 Å².